The first-order valence-electron chi connectivity index (χ1n) is 8.07. The summed E-state index contributed by atoms with van der Waals surface area (Å²) < 4.78 is 1.80. The lowest BCUT2D eigenvalue weighted by atomic mass is 9.76. The molecule has 0 radical (unpaired) electrons. The Kier molecular flexibility index (Phi) is 7.20. The smallest absolute Gasteiger partial charge is 0.0833 e. The van der Waals surface area contributed by atoms with Crippen LogP contribution < -0.4 is 5.32 Å². The van der Waals surface area contributed by atoms with Gasteiger partial charge >= 0.3 is 0 Å². The molecule has 1 aromatic rings. The monoisotopic (exact) mass is 280 g/mol. The summed E-state index contributed by atoms with van der Waals surface area (Å²) in [6.45, 7) is 11.3. The van der Waals surface area contributed by atoms with E-state index >= 15 is 0 Å². The largest absolute Gasteiger partial charge is 0.316 e. The Balaban J connectivity index is 2.69. The Morgan fingerprint density at radius 1 is 1.35 bits per heavy atom. The number of nitrogens with one attached hydrogen (secondary N) is 1. The Morgan fingerprint density at radius 3 is 2.60 bits per heavy atom. The maximum atomic E-state index is 4.29. The number of hydrogen-bond donors (Lipinski definition) is 1. The highest BCUT2D eigenvalue weighted by atomic mass is 15.4. The van der Waals surface area contributed by atoms with Crippen LogP contribution in [0.2, 0.25) is 0 Å². The molecule has 0 aliphatic carbocycles. The highest BCUT2D eigenvalue weighted by Crippen LogP contribution is 2.32. The van der Waals surface area contributed by atoms with Crippen molar-refractivity contribution in [3.63, 3.8) is 0 Å². The van der Waals surface area contributed by atoms with Gasteiger partial charge in [-0.25, -0.2) is 0 Å². The van der Waals surface area contributed by atoms with Gasteiger partial charge in [0.2, 0.25) is 0 Å². The average molecular weight is 280 g/mol. The van der Waals surface area contributed by atoms with Crippen LogP contribution in [0.1, 0.15) is 59.1 Å². The first-order chi connectivity index (χ1) is 9.51. The van der Waals surface area contributed by atoms with E-state index in [1.165, 1.54) is 25.7 Å². The fraction of sp³-hybridized carbons (Fsp3) is 0.875. The maximum Gasteiger partial charge on any atom is 0.0833 e. The minimum absolute atomic E-state index is 0.320. The van der Waals surface area contributed by atoms with E-state index in [0.29, 0.717) is 11.3 Å². The SMILES string of the molecule is CCCCC(CC)(CNCC(C)C)Cc1cn(C)nn1. The number of aromatic nitrogens is 3. The zero-order chi connectivity index (χ0) is 15.0. The van der Waals surface area contributed by atoms with E-state index in [2.05, 4.69) is 49.5 Å². The maximum absolute atomic E-state index is 4.29. The number of unbranched alkanes of at least 4 members (excludes halogenated alkanes) is 1. The Labute approximate surface area is 124 Å². The van der Waals surface area contributed by atoms with Gasteiger partial charge in [0.25, 0.3) is 0 Å². The summed E-state index contributed by atoms with van der Waals surface area (Å²) in [5.74, 6) is 0.701. The van der Waals surface area contributed by atoms with Crippen LogP contribution in [0.3, 0.4) is 0 Å². The second-order valence-corrected chi connectivity index (χ2v) is 6.54. The second-order valence-electron chi connectivity index (χ2n) is 6.54. The second kappa shape index (κ2) is 8.40. The highest BCUT2D eigenvalue weighted by Gasteiger charge is 2.28. The van der Waals surface area contributed by atoms with E-state index in [-0.39, 0.29) is 0 Å². The zero-order valence-electron chi connectivity index (χ0n) is 13.9. The molecule has 1 aromatic heterocycles. The van der Waals surface area contributed by atoms with Gasteiger partial charge in [0.1, 0.15) is 0 Å². The van der Waals surface area contributed by atoms with Crippen molar-refractivity contribution < 1.29 is 0 Å². The molecule has 0 saturated heterocycles. The van der Waals surface area contributed by atoms with Gasteiger partial charge in [-0.1, -0.05) is 45.7 Å². The first kappa shape index (κ1) is 17.2. The molecule has 116 valence electrons. The summed E-state index contributed by atoms with van der Waals surface area (Å²) in [5.41, 5.74) is 1.44. The summed E-state index contributed by atoms with van der Waals surface area (Å²) in [6.07, 6.45) is 8.08. The first-order valence-corrected chi connectivity index (χ1v) is 8.07. The van der Waals surface area contributed by atoms with Gasteiger partial charge in [0.05, 0.1) is 5.69 Å². The van der Waals surface area contributed by atoms with Crippen LogP contribution in [0.15, 0.2) is 6.20 Å². The molecule has 0 saturated carbocycles. The molecule has 1 unspecified atom stereocenters. The van der Waals surface area contributed by atoms with Gasteiger partial charge in [0, 0.05) is 19.8 Å². The van der Waals surface area contributed by atoms with Crippen LogP contribution in [0, 0.1) is 11.3 Å². The highest BCUT2D eigenvalue weighted by molar-refractivity contribution is 4.99. The third-order valence-electron chi connectivity index (χ3n) is 4.07. The molecule has 0 aliphatic heterocycles. The number of rotatable bonds is 10. The van der Waals surface area contributed by atoms with Crippen molar-refractivity contribution in [3.8, 4) is 0 Å². The predicted octanol–water partition coefficient (Wildman–Crippen LogP) is 3.19. The minimum atomic E-state index is 0.320. The van der Waals surface area contributed by atoms with E-state index in [4.69, 9.17) is 0 Å². The van der Waals surface area contributed by atoms with Gasteiger partial charge in [-0.2, -0.15) is 0 Å². The van der Waals surface area contributed by atoms with Crippen LogP contribution in [-0.4, -0.2) is 28.1 Å². The van der Waals surface area contributed by atoms with E-state index in [1.807, 2.05) is 7.05 Å². The molecule has 0 aliphatic rings. The zero-order valence-corrected chi connectivity index (χ0v) is 13.9. The van der Waals surface area contributed by atoms with Crippen LogP contribution in [0.5, 0.6) is 0 Å². The summed E-state index contributed by atoms with van der Waals surface area (Å²) in [4.78, 5) is 0. The molecular weight excluding hydrogens is 248 g/mol. The molecule has 1 N–H and O–H groups in total. The topological polar surface area (TPSA) is 42.7 Å². The number of aryl methyl sites for hydroxylation is 1. The lowest BCUT2D eigenvalue weighted by molar-refractivity contribution is 0.224. The predicted molar refractivity (Wildman–Crippen MR) is 84.7 cm³/mol. The molecule has 1 heterocycles. The third-order valence-corrected chi connectivity index (χ3v) is 4.07. The molecule has 4 heteroatoms. The molecular formula is C16H32N4. The fourth-order valence-electron chi connectivity index (χ4n) is 2.70. The van der Waals surface area contributed by atoms with Gasteiger partial charge in [0.15, 0.2) is 0 Å². The summed E-state index contributed by atoms with van der Waals surface area (Å²) in [7, 11) is 1.94. The van der Waals surface area contributed by atoms with Crippen molar-refractivity contribution in [2.45, 2.75) is 59.8 Å². The lowest BCUT2D eigenvalue weighted by Gasteiger charge is -2.33. The standard InChI is InChI=1S/C16H32N4/c1-6-8-9-16(7-2,13-17-11-14(3)4)10-15-12-20(5)19-18-15/h12,14,17H,6-11,13H2,1-5H3. The fourth-order valence-corrected chi connectivity index (χ4v) is 2.70. The molecule has 1 atom stereocenters. The van der Waals surface area contributed by atoms with Crippen LogP contribution in [-0.2, 0) is 13.5 Å². The van der Waals surface area contributed by atoms with Crippen molar-refractivity contribution in [1.82, 2.24) is 20.3 Å². The Morgan fingerprint density at radius 2 is 2.10 bits per heavy atom. The van der Waals surface area contributed by atoms with E-state index in [0.717, 1.165) is 25.2 Å². The summed E-state index contributed by atoms with van der Waals surface area (Å²) in [5, 5.41) is 12.0. The van der Waals surface area contributed by atoms with Crippen molar-refractivity contribution in [2.24, 2.45) is 18.4 Å². The van der Waals surface area contributed by atoms with Crippen LogP contribution in [0.25, 0.3) is 0 Å². The number of hydrogen-bond acceptors (Lipinski definition) is 3. The van der Waals surface area contributed by atoms with E-state index in [9.17, 15) is 0 Å². The molecule has 1 rings (SSSR count). The average Bonchev–Trinajstić information content (AvgIpc) is 2.80. The number of nitrogens with zero attached hydrogens (tertiary/aromatic N) is 3. The lowest BCUT2D eigenvalue weighted by Crippen LogP contribution is -2.37. The molecule has 0 amide bonds. The quantitative estimate of drug-likeness (QED) is 0.716. The minimum Gasteiger partial charge on any atom is -0.316 e. The van der Waals surface area contributed by atoms with Crippen molar-refractivity contribution in [1.29, 1.82) is 0 Å². The molecule has 0 fully saturated rings. The molecule has 4 nitrogen and oxygen atoms in total. The summed E-state index contributed by atoms with van der Waals surface area (Å²) >= 11 is 0. The van der Waals surface area contributed by atoms with E-state index < -0.39 is 0 Å². The Bertz CT molecular complexity index is 372. The Hall–Kier alpha value is -0.900. The molecule has 20 heavy (non-hydrogen) atoms. The van der Waals surface area contributed by atoms with E-state index in [1.54, 1.807) is 4.68 Å². The van der Waals surface area contributed by atoms with Crippen molar-refractivity contribution in [2.75, 3.05) is 13.1 Å². The molecule has 0 spiro atoms. The van der Waals surface area contributed by atoms with Crippen molar-refractivity contribution in [3.05, 3.63) is 11.9 Å². The van der Waals surface area contributed by atoms with Crippen LogP contribution in [0.4, 0.5) is 0 Å². The molecule has 0 aromatic carbocycles. The van der Waals surface area contributed by atoms with Gasteiger partial charge in [-0.3, -0.25) is 4.68 Å². The third kappa shape index (κ3) is 5.61. The molecule has 0 bridgehead atoms. The van der Waals surface area contributed by atoms with Gasteiger partial charge in [-0.15, -0.1) is 5.10 Å². The van der Waals surface area contributed by atoms with Crippen LogP contribution >= 0.6 is 0 Å². The summed E-state index contributed by atoms with van der Waals surface area (Å²) in [6, 6.07) is 0. The normalized spacial score (nSPS) is 14.7. The van der Waals surface area contributed by atoms with Gasteiger partial charge in [-0.05, 0) is 37.1 Å². The van der Waals surface area contributed by atoms with Gasteiger partial charge < -0.3 is 5.32 Å². The van der Waals surface area contributed by atoms with Crippen molar-refractivity contribution >= 4 is 0 Å².